The lowest BCUT2D eigenvalue weighted by Gasteiger charge is -2.11. The minimum atomic E-state index is -0.177. The molecule has 6 heteroatoms. The summed E-state index contributed by atoms with van der Waals surface area (Å²) in [7, 11) is 3.47. The van der Waals surface area contributed by atoms with Gasteiger partial charge >= 0.3 is 0 Å². The molecule has 150 valence electrons. The van der Waals surface area contributed by atoms with Crippen molar-refractivity contribution in [3.63, 3.8) is 0 Å². The Balaban J connectivity index is 1.62. The molecule has 0 atom stereocenters. The van der Waals surface area contributed by atoms with E-state index in [9.17, 15) is 4.79 Å². The van der Waals surface area contributed by atoms with Crippen LogP contribution in [0.2, 0.25) is 0 Å². The first-order chi connectivity index (χ1) is 14.0. The monoisotopic (exact) mass is 391 g/mol. The average Bonchev–Trinajstić information content (AvgIpc) is 3.14. The summed E-state index contributed by atoms with van der Waals surface area (Å²) in [6.07, 6.45) is 5.12. The van der Waals surface area contributed by atoms with Crippen molar-refractivity contribution >= 4 is 12.0 Å². The summed E-state index contributed by atoms with van der Waals surface area (Å²) in [5, 5.41) is 7.05. The van der Waals surface area contributed by atoms with E-state index in [1.54, 1.807) is 17.9 Å². The van der Waals surface area contributed by atoms with E-state index in [0.29, 0.717) is 13.2 Å². The Morgan fingerprint density at radius 1 is 1.21 bits per heavy atom. The van der Waals surface area contributed by atoms with Gasteiger partial charge in [-0.15, -0.1) is 0 Å². The molecule has 1 heterocycles. The number of nitrogens with one attached hydrogen (secondary N) is 1. The molecule has 3 rings (SSSR count). The largest absolute Gasteiger partial charge is 0.496 e. The van der Waals surface area contributed by atoms with Crippen LogP contribution in [0.15, 0.2) is 60.8 Å². The van der Waals surface area contributed by atoms with Gasteiger partial charge in [0, 0.05) is 24.9 Å². The molecular weight excluding hydrogens is 366 g/mol. The normalized spacial score (nSPS) is 10.9. The maximum atomic E-state index is 12.1. The first kappa shape index (κ1) is 20.2. The summed E-state index contributed by atoms with van der Waals surface area (Å²) in [5.41, 5.74) is 3.75. The molecule has 0 fully saturated rings. The summed E-state index contributed by atoms with van der Waals surface area (Å²) < 4.78 is 13.0. The van der Waals surface area contributed by atoms with Gasteiger partial charge in [0.15, 0.2) is 0 Å². The van der Waals surface area contributed by atoms with E-state index in [0.717, 1.165) is 33.9 Å². The quantitative estimate of drug-likeness (QED) is 0.596. The lowest BCUT2D eigenvalue weighted by molar-refractivity contribution is -0.116. The van der Waals surface area contributed by atoms with Crippen LogP contribution in [-0.2, 0) is 25.0 Å². The standard InChI is InChI=1S/C23H25N3O3/c1-17-5-4-6-21(13-17)29-16-19-14-18(7-9-22(19)28-3)8-10-23(27)24-15-20-11-12-26(2)25-20/h4-14H,15-16H2,1-3H3,(H,24,27)/b10-8+. The van der Waals surface area contributed by atoms with Crippen LogP contribution in [-0.4, -0.2) is 22.8 Å². The van der Waals surface area contributed by atoms with E-state index in [4.69, 9.17) is 9.47 Å². The number of aryl methyl sites for hydroxylation is 2. The molecule has 0 aliphatic heterocycles. The molecule has 0 spiro atoms. The van der Waals surface area contributed by atoms with Crippen molar-refractivity contribution in [1.82, 2.24) is 15.1 Å². The molecule has 2 aromatic carbocycles. The zero-order chi connectivity index (χ0) is 20.6. The second-order valence-electron chi connectivity index (χ2n) is 6.71. The van der Waals surface area contributed by atoms with E-state index in [1.807, 2.05) is 68.7 Å². The van der Waals surface area contributed by atoms with Crippen molar-refractivity contribution in [3.05, 3.63) is 83.2 Å². The third-order valence-corrected chi connectivity index (χ3v) is 4.33. The molecule has 1 aromatic heterocycles. The Hall–Kier alpha value is -3.54. The Labute approximate surface area is 170 Å². The third-order valence-electron chi connectivity index (χ3n) is 4.33. The van der Waals surface area contributed by atoms with Crippen LogP contribution < -0.4 is 14.8 Å². The first-order valence-corrected chi connectivity index (χ1v) is 9.34. The summed E-state index contributed by atoms with van der Waals surface area (Å²) in [5.74, 6) is 1.38. The maximum absolute atomic E-state index is 12.1. The molecule has 0 aliphatic rings. The molecule has 0 radical (unpaired) electrons. The summed E-state index contributed by atoms with van der Waals surface area (Å²) in [6, 6.07) is 15.5. The second kappa shape index (κ2) is 9.59. The number of methoxy groups -OCH3 is 1. The van der Waals surface area contributed by atoms with Crippen molar-refractivity contribution in [1.29, 1.82) is 0 Å². The highest BCUT2D eigenvalue weighted by atomic mass is 16.5. The molecule has 29 heavy (non-hydrogen) atoms. The number of benzene rings is 2. The molecule has 6 nitrogen and oxygen atoms in total. The van der Waals surface area contributed by atoms with Crippen molar-refractivity contribution < 1.29 is 14.3 Å². The van der Waals surface area contributed by atoms with Crippen LogP contribution >= 0.6 is 0 Å². The molecule has 3 aromatic rings. The topological polar surface area (TPSA) is 65.4 Å². The number of amides is 1. The fourth-order valence-corrected chi connectivity index (χ4v) is 2.85. The number of carbonyl (C=O) groups excluding carboxylic acids is 1. The summed E-state index contributed by atoms with van der Waals surface area (Å²) in [4.78, 5) is 12.1. The maximum Gasteiger partial charge on any atom is 0.244 e. The fourth-order valence-electron chi connectivity index (χ4n) is 2.85. The molecule has 0 aliphatic carbocycles. The van der Waals surface area contributed by atoms with E-state index in [2.05, 4.69) is 10.4 Å². The Kier molecular flexibility index (Phi) is 6.68. The third kappa shape index (κ3) is 5.97. The SMILES string of the molecule is COc1ccc(/C=C/C(=O)NCc2ccn(C)n2)cc1COc1cccc(C)c1. The minimum absolute atomic E-state index is 0.177. The highest BCUT2D eigenvalue weighted by Gasteiger charge is 2.06. The number of ether oxygens (including phenoxy) is 2. The summed E-state index contributed by atoms with van der Waals surface area (Å²) in [6.45, 7) is 2.79. The van der Waals surface area contributed by atoms with Gasteiger partial charge in [0.05, 0.1) is 19.3 Å². The Morgan fingerprint density at radius 2 is 2.07 bits per heavy atom. The lowest BCUT2D eigenvalue weighted by atomic mass is 10.1. The van der Waals surface area contributed by atoms with Gasteiger partial charge in [0.25, 0.3) is 0 Å². The number of rotatable bonds is 8. The minimum Gasteiger partial charge on any atom is -0.496 e. The van der Waals surface area contributed by atoms with Gasteiger partial charge < -0.3 is 14.8 Å². The van der Waals surface area contributed by atoms with Gasteiger partial charge in [-0.1, -0.05) is 18.2 Å². The van der Waals surface area contributed by atoms with Gasteiger partial charge in [-0.25, -0.2) is 0 Å². The fraction of sp³-hybridized carbons (Fsp3) is 0.217. The molecule has 0 bridgehead atoms. The van der Waals surface area contributed by atoms with E-state index in [-0.39, 0.29) is 5.91 Å². The predicted octanol–water partition coefficient (Wildman–Crippen LogP) is 3.65. The molecule has 0 saturated heterocycles. The first-order valence-electron chi connectivity index (χ1n) is 9.34. The average molecular weight is 391 g/mol. The van der Waals surface area contributed by atoms with Crippen LogP contribution in [0.3, 0.4) is 0 Å². The second-order valence-corrected chi connectivity index (χ2v) is 6.71. The van der Waals surface area contributed by atoms with E-state index < -0.39 is 0 Å². The highest BCUT2D eigenvalue weighted by Crippen LogP contribution is 2.23. The van der Waals surface area contributed by atoms with Gasteiger partial charge in [0.1, 0.15) is 18.1 Å². The van der Waals surface area contributed by atoms with Crippen molar-refractivity contribution in [2.75, 3.05) is 7.11 Å². The molecule has 1 amide bonds. The van der Waals surface area contributed by atoms with Crippen molar-refractivity contribution in [3.8, 4) is 11.5 Å². The van der Waals surface area contributed by atoms with Crippen LogP contribution in [0.1, 0.15) is 22.4 Å². The van der Waals surface area contributed by atoms with E-state index >= 15 is 0 Å². The molecule has 1 N–H and O–H groups in total. The Bertz CT molecular complexity index is 1010. The number of hydrogen-bond donors (Lipinski definition) is 1. The van der Waals surface area contributed by atoms with Crippen LogP contribution in [0, 0.1) is 6.92 Å². The number of aromatic nitrogens is 2. The number of hydrogen-bond acceptors (Lipinski definition) is 4. The zero-order valence-corrected chi connectivity index (χ0v) is 16.9. The van der Waals surface area contributed by atoms with Gasteiger partial charge in [-0.3, -0.25) is 9.48 Å². The molecule has 0 unspecified atom stereocenters. The van der Waals surface area contributed by atoms with Crippen molar-refractivity contribution in [2.24, 2.45) is 7.05 Å². The van der Waals surface area contributed by atoms with Crippen LogP contribution in [0.4, 0.5) is 0 Å². The smallest absolute Gasteiger partial charge is 0.244 e. The van der Waals surface area contributed by atoms with Crippen LogP contribution in [0.5, 0.6) is 11.5 Å². The van der Waals surface area contributed by atoms with Gasteiger partial charge in [0.2, 0.25) is 5.91 Å². The van der Waals surface area contributed by atoms with Gasteiger partial charge in [-0.05, 0) is 54.5 Å². The predicted molar refractivity (Wildman–Crippen MR) is 113 cm³/mol. The Morgan fingerprint density at radius 3 is 2.79 bits per heavy atom. The number of nitrogens with zero attached hydrogens (tertiary/aromatic N) is 2. The van der Waals surface area contributed by atoms with Crippen molar-refractivity contribution in [2.45, 2.75) is 20.1 Å². The number of carbonyl (C=O) groups is 1. The molecular formula is C23H25N3O3. The summed E-state index contributed by atoms with van der Waals surface area (Å²) >= 11 is 0. The van der Waals surface area contributed by atoms with Gasteiger partial charge in [-0.2, -0.15) is 5.10 Å². The van der Waals surface area contributed by atoms with Crippen LogP contribution in [0.25, 0.3) is 6.08 Å². The zero-order valence-electron chi connectivity index (χ0n) is 16.9. The highest BCUT2D eigenvalue weighted by molar-refractivity contribution is 5.91. The molecule has 0 saturated carbocycles. The van der Waals surface area contributed by atoms with E-state index in [1.165, 1.54) is 6.08 Å². The lowest BCUT2D eigenvalue weighted by Crippen LogP contribution is -2.20.